The SMILES string of the molecule is CCCCCCCC12CCC(c3ccc(-c4ccc(OCCCCC)cc4)c(C#N)c3C#N)(CC1)CC2. The number of nitriles is 2. The minimum atomic E-state index is 0.0648. The molecule has 0 aromatic heterocycles. The van der Waals surface area contributed by atoms with Crippen molar-refractivity contribution >= 4 is 0 Å². The number of fused-ring (bicyclic) bond motifs is 3. The first-order valence-electron chi connectivity index (χ1n) is 14.8. The first-order valence-corrected chi connectivity index (χ1v) is 14.8. The van der Waals surface area contributed by atoms with Gasteiger partial charge in [0.2, 0.25) is 0 Å². The minimum absolute atomic E-state index is 0.0648. The predicted molar refractivity (Wildman–Crippen MR) is 152 cm³/mol. The smallest absolute Gasteiger partial charge is 0.119 e. The Hall–Kier alpha value is -2.78. The molecular formula is C34H44N2O. The lowest BCUT2D eigenvalue weighted by atomic mass is 9.50. The minimum Gasteiger partial charge on any atom is -0.494 e. The Balaban J connectivity index is 1.50. The summed E-state index contributed by atoms with van der Waals surface area (Å²) in [5.74, 6) is 0.854. The number of nitrogens with zero attached hydrogens (tertiary/aromatic N) is 2. The van der Waals surface area contributed by atoms with E-state index >= 15 is 0 Å². The van der Waals surface area contributed by atoms with Crippen molar-refractivity contribution in [2.24, 2.45) is 5.41 Å². The average Bonchev–Trinajstić information content (AvgIpc) is 2.95. The lowest BCUT2D eigenvalue weighted by molar-refractivity contribution is 0.0303. The lowest BCUT2D eigenvalue weighted by Gasteiger charge is -2.54. The van der Waals surface area contributed by atoms with Crippen LogP contribution in [0.25, 0.3) is 11.1 Å². The van der Waals surface area contributed by atoms with Gasteiger partial charge in [-0.2, -0.15) is 10.5 Å². The van der Waals surface area contributed by atoms with E-state index in [0.29, 0.717) is 16.5 Å². The zero-order valence-corrected chi connectivity index (χ0v) is 23.1. The molecule has 0 aliphatic heterocycles. The van der Waals surface area contributed by atoms with Crippen molar-refractivity contribution in [3.8, 4) is 29.0 Å². The Morgan fingerprint density at radius 2 is 1.32 bits per heavy atom. The van der Waals surface area contributed by atoms with Crippen LogP contribution in [0, 0.1) is 28.1 Å². The average molecular weight is 497 g/mol. The van der Waals surface area contributed by atoms with Crippen molar-refractivity contribution in [1.82, 2.24) is 0 Å². The van der Waals surface area contributed by atoms with Gasteiger partial charge in [0.05, 0.1) is 17.7 Å². The van der Waals surface area contributed by atoms with Crippen molar-refractivity contribution in [2.75, 3.05) is 6.61 Å². The number of hydrogen-bond acceptors (Lipinski definition) is 3. The summed E-state index contributed by atoms with van der Waals surface area (Å²) in [6.45, 7) is 5.20. The molecule has 3 heteroatoms. The molecule has 3 fully saturated rings. The zero-order chi connectivity index (χ0) is 26.1. The Bertz CT molecular complexity index is 1090. The molecule has 0 N–H and O–H groups in total. The summed E-state index contributed by atoms with van der Waals surface area (Å²) >= 11 is 0. The fraction of sp³-hybridized carbons (Fsp3) is 0.588. The number of unbranched alkanes of at least 4 members (excludes halogenated alkanes) is 6. The maximum absolute atomic E-state index is 10.3. The molecule has 196 valence electrons. The van der Waals surface area contributed by atoms with Gasteiger partial charge in [-0.15, -0.1) is 0 Å². The molecule has 0 unspecified atom stereocenters. The first-order chi connectivity index (χ1) is 18.1. The highest BCUT2D eigenvalue weighted by Gasteiger charge is 2.49. The molecule has 0 radical (unpaired) electrons. The Morgan fingerprint density at radius 1 is 0.703 bits per heavy atom. The summed E-state index contributed by atoms with van der Waals surface area (Å²) in [4.78, 5) is 0. The van der Waals surface area contributed by atoms with Crippen LogP contribution in [0.1, 0.15) is 127 Å². The summed E-state index contributed by atoms with van der Waals surface area (Å²) in [5, 5.41) is 20.4. The van der Waals surface area contributed by atoms with Gasteiger partial charge in [0.15, 0.2) is 0 Å². The standard InChI is InChI=1S/C34H44N2O/c1-3-5-7-8-9-17-33-18-21-34(22-19-33,23-20-33)32-16-15-29(30(25-35)31(32)26-36)27-11-13-28(14-12-27)37-24-10-6-4-2/h11-16H,3-10,17-24H2,1-2H3. The molecule has 3 aliphatic carbocycles. The molecule has 0 amide bonds. The van der Waals surface area contributed by atoms with Crippen LogP contribution in [0.2, 0.25) is 0 Å². The topological polar surface area (TPSA) is 56.8 Å². The van der Waals surface area contributed by atoms with E-state index < -0.39 is 0 Å². The first kappa shape index (κ1) is 27.3. The van der Waals surface area contributed by atoms with Gasteiger partial charge in [-0.05, 0) is 85.5 Å². The lowest BCUT2D eigenvalue weighted by Crippen LogP contribution is -2.44. The van der Waals surface area contributed by atoms with Crippen molar-refractivity contribution in [2.45, 2.75) is 116 Å². The van der Waals surface area contributed by atoms with Crippen LogP contribution in [0.15, 0.2) is 36.4 Å². The second-order valence-electron chi connectivity index (χ2n) is 11.7. The third-order valence-electron chi connectivity index (χ3n) is 9.39. The van der Waals surface area contributed by atoms with Gasteiger partial charge in [-0.3, -0.25) is 0 Å². The monoisotopic (exact) mass is 496 g/mol. The number of ether oxygens (including phenoxy) is 1. The molecule has 5 rings (SSSR count). The van der Waals surface area contributed by atoms with Gasteiger partial charge in [0, 0.05) is 5.56 Å². The van der Waals surface area contributed by atoms with Crippen molar-refractivity contribution in [3.05, 3.63) is 53.1 Å². The quantitative estimate of drug-likeness (QED) is 0.259. The highest BCUT2D eigenvalue weighted by Crippen LogP contribution is 2.60. The molecule has 37 heavy (non-hydrogen) atoms. The molecule has 3 nitrogen and oxygen atoms in total. The van der Waals surface area contributed by atoms with Crippen molar-refractivity contribution in [1.29, 1.82) is 10.5 Å². The zero-order valence-electron chi connectivity index (χ0n) is 23.1. The molecule has 2 aromatic carbocycles. The molecular weight excluding hydrogens is 452 g/mol. The molecule has 3 aliphatic rings. The van der Waals surface area contributed by atoms with Crippen LogP contribution in [0.5, 0.6) is 5.75 Å². The summed E-state index contributed by atoms with van der Waals surface area (Å²) in [5.41, 5.74) is 4.67. The predicted octanol–water partition coefficient (Wildman–Crippen LogP) is 9.62. The molecule has 3 saturated carbocycles. The summed E-state index contributed by atoms with van der Waals surface area (Å²) in [6, 6.07) is 17.1. The van der Waals surface area contributed by atoms with Crippen LogP contribution < -0.4 is 4.74 Å². The van der Waals surface area contributed by atoms with Crippen LogP contribution >= 0.6 is 0 Å². The van der Waals surface area contributed by atoms with Crippen molar-refractivity contribution in [3.63, 3.8) is 0 Å². The molecule has 0 atom stereocenters. The Morgan fingerprint density at radius 3 is 1.95 bits per heavy atom. The van der Waals surface area contributed by atoms with E-state index in [4.69, 9.17) is 4.74 Å². The Kier molecular flexibility index (Phi) is 9.32. The van der Waals surface area contributed by atoms with E-state index in [1.165, 1.54) is 70.6 Å². The van der Waals surface area contributed by atoms with Crippen LogP contribution in [-0.2, 0) is 5.41 Å². The van der Waals surface area contributed by atoms with Gasteiger partial charge in [0.1, 0.15) is 17.9 Å². The van der Waals surface area contributed by atoms with Gasteiger partial charge in [-0.25, -0.2) is 0 Å². The fourth-order valence-corrected chi connectivity index (χ4v) is 6.94. The summed E-state index contributed by atoms with van der Waals surface area (Å²) < 4.78 is 5.86. The second kappa shape index (κ2) is 12.6. The van der Waals surface area contributed by atoms with E-state index in [-0.39, 0.29) is 5.41 Å². The van der Waals surface area contributed by atoms with E-state index in [2.05, 4.69) is 38.1 Å². The summed E-state index contributed by atoms with van der Waals surface area (Å²) in [6.07, 6.45) is 18.9. The van der Waals surface area contributed by atoms with Gasteiger partial charge in [-0.1, -0.05) is 83.1 Å². The van der Waals surface area contributed by atoms with E-state index in [0.717, 1.165) is 54.7 Å². The maximum Gasteiger partial charge on any atom is 0.119 e. The normalized spacial score (nSPS) is 22.4. The van der Waals surface area contributed by atoms with Gasteiger partial charge in [0.25, 0.3) is 0 Å². The Labute approximate surface area is 224 Å². The number of hydrogen-bond donors (Lipinski definition) is 0. The van der Waals surface area contributed by atoms with E-state index in [1.54, 1.807) is 0 Å². The van der Waals surface area contributed by atoms with Crippen LogP contribution in [-0.4, -0.2) is 6.61 Å². The molecule has 2 bridgehead atoms. The highest BCUT2D eigenvalue weighted by atomic mass is 16.5. The highest BCUT2D eigenvalue weighted by molar-refractivity contribution is 5.75. The van der Waals surface area contributed by atoms with Crippen molar-refractivity contribution < 1.29 is 4.74 Å². The third kappa shape index (κ3) is 6.04. The molecule has 0 spiro atoms. The van der Waals surface area contributed by atoms with Gasteiger partial charge < -0.3 is 4.74 Å². The maximum atomic E-state index is 10.3. The summed E-state index contributed by atoms with van der Waals surface area (Å²) in [7, 11) is 0. The number of rotatable bonds is 13. The fourth-order valence-electron chi connectivity index (χ4n) is 6.94. The van der Waals surface area contributed by atoms with E-state index in [1.807, 2.05) is 24.3 Å². The van der Waals surface area contributed by atoms with Gasteiger partial charge >= 0.3 is 0 Å². The van der Waals surface area contributed by atoms with E-state index in [9.17, 15) is 10.5 Å². The third-order valence-corrected chi connectivity index (χ3v) is 9.39. The largest absolute Gasteiger partial charge is 0.494 e. The van der Waals surface area contributed by atoms with Crippen LogP contribution in [0.3, 0.4) is 0 Å². The molecule has 2 aromatic rings. The second-order valence-corrected chi connectivity index (χ2v) is 11.7. The number of benzene rings is 2. The molecule has 0 saturated heterocycles. The van der Waals surface area contributed by atoms with Crippen LogP contribution in [0.4, 0.5) is 0 Å². The molecule has 0 heterocycles.